The van der Waals surface area contributed by atoms with E-state index in [0.29, 0.717) is 0 Å². The van der Waals surface area contributed by atoms with Crippen LogP contribution in [0.15, 0.2) is 24.3 Å². The molecule has 0 radical (unpaired) electrons. The molecule has 2 atom stereocenters. The SMILES string of the molecule is CC1CC(C)CN(CC2(CN)Cc3ccccc3C2)C1. The van der Waals surface area contributed by atoms with Crippen molar-refractivity contribution in [1.29, 1.82) is 0 Å². The number of nitrogens with zero attached hydrogens (tertiary/aromatic N) is 1. The van der Waals surface area contributed by atoms with Crippen molar-refractivity contribution in [1.82, 2.24) is 4.90 Å². The monoisotopic (exact) mass is 272 g/mol. The van der Waals surface area contributed by atoms with Gasteiger partial charge in [0.1, 0.15) is 0 Å². The van der Waals surface area contributed by atoms with Crippen molar-refractivity contribution in [2.75, 3.05) is 26.2 Å². The first-order valence-corrected chi connectivity index (χ1v) is 8.09. The minimum atomic E-state index is 0.278. The van der Waals surface area contributed by atoms with Crippen molar-refractivity contribution >= 4 is 0 Å². The molecule has 2 N–H and O–H groups in total. The molecule has 1 aliphatic carbocycles. The molecule has 0 aromatic heterocycles. The summed E-state index contributed by atoms with van der Waals surface area (Å²) in [4.78, 5) is 2.68. The van der Waals surface area contributed by atoms with E-state index in [1.807, 2.05) is 0 Å². The van der Waals surface area contributed by atoms with Gasteiger partial charge in [0.2, 0.25) is 0 Å². The normalized spacial score (nSPS) is 29.4. The molecule has 1 fully saturated rings. The first kappa shape index (κ1) is 14.1. The summed E-state index contributed by atoms with van der Waals surface area (Å²) in [6.07, 6.45) is 3.71. The van der Waals surface area contributed by atoms with Gasteiger partial charge in [-0.1, -0.05) is 38.1 Å². The molecule has 1 aromatic rings. The van der Waals surface area contributed by atoms with Crippen molar-refractivity contribution < 1.29 is 0 Å². The maximum atomic E-state index is 6.21. The molecule has 0 bridgehead atoms. The zero-order chi connectivity index (χ0) is 14.2. The number of likely N-dealkylation sites (tertiary alicyclic amines) is 1. The minimum absolute atomic E-state index is 0.278. The van der Waals surface area contributed by atoms with Gasteiger partial charge in [0.05, 0.1) is 0 Å². The van der Waals surface area contributed by atoms with E-state index in [0.717, 1.165) is 18.4 Å². The Morgan fingerprint density at radius 1 is 1.10 bits per heavy atom. The van der Waals surface area contributed by atoms with Crippen LogP contribution in [-0.2, 0) is 12.8 Å². The van der Waals surface area contributed by atoms with Crippen LogP contribution in [0.4, 0.5) is 0 Å². The van der Waals surface area contributed by atoms with Gasteiger partial charge >= 0.3 is 0 Å². The topological polar surface area (TPSA) is 29.3 Å². The number of nitrogens with two attached hydrogens (primary N) is 1. The summed E-state index contributed by atoms with van der Waals surface area (Å²) in [5.41, 5.74) is 9.53. The summed E-state index contributed by atoms with van der Waals surface area (Å²) in [7, 11) is 0. The summed E-state index contributed by atoms with van der Waals surface area (Å²) in [6, 6.07) is 8.90. The van der Waals surface area contributed by atoms with Crippen LogP contribution < -0.4 is 5.73 Å². The summed E-state index contributed by atoms with van der Waals surface area (Å²) in [6.45, 7) is 9.26. The Balaban J connectivity index is 1.72. The second-order valence-corrected chi connectivity index (χ2v) is 7.47. The van der Waals surface area contributed by atoms with Crippen molar-refractivity contribution in [3.05, 3.63) is 35.4 Å². The molecule has 1 aromatic carbocycles. The molecular formula is C18H28N2. The largest absolute Gasteiger partial charge is 0.330 e. The van der Waals surface area contributed by atoms with Crippen LogP contribution in [0, 0.1) is 17.3 Å². The lowest BCUT2D eigenvalue weighted by molar-refractivity contribution is 0.0889. The van der Waals surface area contributed by atoms with Crippen molar-refractivity contribution in [3.63, 3.8) is 0 Å². The Morgan fingerprint density at radius 3 is 2.15 bits per heavy atom. The van der Waals surface area contributed by atoms with Gasteiger partial charge in [-0.2, -0.15) is 0 Å². The summed E-state index contributed by atoms with van der Waals surface area (Å²) in [5.74, 6) is 1.66. The molecule has 2 unspecified atom stereocenters. The van der Waals surface area contributed by atoms with E-state index in [4.69, 9.17) is 5.73 Å². The number of rotatable bonds is 3. The highest BCUT2D eigenvalue weighted by atomic mass is 15.1. The van der Waals surface area contributed by atoms with Crippen LogP contribution in [-0.4, -0.2) is 31.1 Å². The van der Waals surface area contributed by atoms with E-state index in [-0.39, 0.29) is 5.41 Å². The molecule has 1 heterocycles. The van der Waals surface area contributed by atoms with Gasteiger partial charge in [-0.05, 0) is 48.8 Å². The first-order chi connectivity index (χ1) is 9.60. The smallest absolute Gasteiger partial charge is 0.00567 e. The van der Waals surface area contributed by atoms with Crippen molar-refractivity contribution in [2.45, 2.75) is 33.1 Å². The third-order valence-corrected chi connectivity index (χ3v) is 5.19. The number of hydrogen-bond donors (Lipinski definition) is 1. The number of fused-ring (bicyclic) bond motifs is 1. The fraction of sp³-hybridized carbons (Fsp3) is 0.667. The lowest BCUT2D eigenvalue weighted by Crippen LogP contribution is -2.48. The van der Waals surface area contributed by atoms with E-state index in [1.165, 1.54) is 50.0 Å². The van der Waals surface area contributed by atoms with Gasteiger partial charge in [-0.25, -0.2) is 0 Å². The van der Waals surface area contributed by atoms with Crippen molar-refractivity contribution in [2.24, 2.45) is 23.0 Å². The predicted octanol–water partition coefficient (Wildman–Crippen LogP) is 2.71. The maximum absolute atomic E-state index is 6.21. The van der Waals surface area contributed by atoms with Crippen LogP contribution in [0.5, 0.6) is 0 Å². The molecule has 2 nitrogen and oxygen atoms in total. The van der Waals surface area contributed by atoms with Gasteiger partial charge in [-0.3, -0.25) is 0 Å². The third kappa shape index (κ3) is 2.77. The minimum Gasteiger partial charge on any atom is -0.330 e. The molecule has 3 rings (SSSR count). The number of benzene rings is 1. The van der Waals surface area contributed by atoms with Gasteiger partial charge in [0.25, 0.3) is 0 Å². The molecule has 1 saturated heterocycles. The zero-order valence-electron chi connectivity index (χ0n) is 12.9. The predicted molar refractivity (Wildman–Crippen MR) is 84.7 cm³/mol. The summed E-state index contributed by atoms with van der Waals surface area (Å²) >= 11 is 0. The summed E-state index contributed by atoms with van der Waals surface area (Å²) < 4.78 is 0. The Morgan fingerprint density at radius 2 is 1.65 bits per heavy atom. The molecule has 110 valence electrons. The fourth-order valence-electron chi connectivity index (χ4n) is 4.49. The third-order valence-electron chi connectivity index (χ3n) is 5.19. The lowest BCUT2D eigenvalue weighted by Gasteiger charge is -2.40. The average Bonchev–Trinajstić information content (AvgIpc) is 2.76. The average molecular weight is 272 g/mol. The standard InChI is InChI=1S/C18H28N2/c1-14-7-15(2)11-20(10-14)13-18(12-19)8-16-5-3-4-6-17(16)9-18/h3-6,14-15H,7-13,19H2,1-2H3. The van der Waals surface area contributed by atoms with Gasteiger partial charge < -0.3 is 10.6 Å². The van der Waals surface area contributed by atoms with E-state index < -0.39 is 0 Å². The van der Waals surface area contributed by atoms with Crippen LogP contribution in [0.3, 0.4) is 0 Å². The van der Waals surface area contributed by atoms with E-state index in [2.05, 4.69) is 43.0 Å². The Hall–Kier alpha value is -0.860. The first-order valence-electron chi connectivity index (χ1n) is 8.09. The van der Waals surface area contributed by atoms with Crippen LogP contribution in [0.1, 0.15) is 31.4 Å². The van der Waals surface area contributed by atoms with Gasteiger partial charge in [0.15, 0.2) is 0 Å². The second-order valence-electron chi connectivity index (χ2n) is 7.47. The van der Waals surface area contributed by atoms with Gasteiger partial charge in [0, 0.05) is 25.0 Å². The number of piperidine rings is 1. The quantitative estimate of drug-likeness (QED) is 0.916. The molecule has 20 heavy (non-hydrogen) atoms. The highest BCUT2D eigenvalue weighted by molar-refractivity contribution is 5.34. The van der Waals surface area contributed by atoms with Crippen molar-refractivity contribution in [3.8, 4) is 0 Å². The zero-order valence-corrected chi connectivity index (χ0v) is 12.9. The second kappa shape index (κ2) is 5.50. The van der Waals surface area contributed by atoms with Gasteiger partial charge in [-0.15, -0.1) is 0 Å². The molecule has 2 aliphatic rings. The Bertz CT molecular complexity index is 433. The highest BCUT2D eigenvalue weighted by Crippen LogP contribution is 2.38. The van der Waals surface area contributed by atoms with Crippen LogP contribution in [0.2, 0.25) is 0 Å². The molecule has 0 amide bonds. The number of hydrogen-bond acceptors (Lipinski definition) is 2. The van der Waals surface area contributed by atoms with Crippen LogP contribution >= 0.6 is 0 Å². The molecular weight excluding hydrogens is 244 g/mol. The lowest BCUT2D eigenvalue weighted by atomic mass is 9.82. The van der Waals surface area contributed by atoms with E-state index in [1.54, 1.807) is 0 Å². The van der Waals surface area contributed by atoms with Crippen LogP contribution in [0.25, 0.3) is 0 Å². The Kier molecular flexibility index (Phi) is 3.87. The molecule has 2 heteroatoms. The highest BCUT2D eigenvalue weighted by Gasteiger charge is 2.38. The molecule has 0 saturated carbocycles. The summed E-state index contributed by atoms with van der Waals surface area (Å²) in [5, 5.41) is 0. The van der Waals surface area contributed by atoms with E-state index >= 15 is 0 Å². The molecule has 1 aliphatic heterocycles. The molecule has 0 spiro atoms. The van der Waals surface area contributed by atoms with E-state index in [9.17, 15) is 0 Å². The maximum Gasteiger partial charge on any atom is 0.00567 e. The Labute approximate surface area is 123 Å². The fourth-order valence-corrected chi connectivity index (χ4v) is 4.49.